The van der Waals surface area contributed by atoms with Gasteiger partial charge in [-0.25, -0.2) is 9.78 Å². The summed E-state index contributed by atoms with van der Waals surface area (Å²) in [7, 11) is 0. The van der Waals surface area contributed by atoms with Gasteiger partial charge in [0.15, 0.2) is 0 Å². The number of rotatable bonds is 4. The molecule has 4 nitrogen and oxygen atoms in total. The van der Waals surface area contributed by atoms with E-state index in [9.17, 15) is 4.79 Å². The molecule has 1 N–H and O–H groups in total. The molecule has 0 aliphatic heterocycles. The fraction of sp³-hybridized carbons (Fsp3) is 0.125. The number of thioether (sulfide) groups is 1. The van der Waals surface area contributed by atoms with Crippen LogP contribution in [0.5, 0.6) is 0 Å². The lowest BCUT2D eigenvalue weighted by Crippen LogP contribution is -1.94. The van der Waals surface area contributed by atoms with Crippen molar-refractivity contribution in [3.8, 4) is 0 Å². The SMILES string of the molecule is Cc1ccc2nc(CSc3ccc(C(=O)O)cc3)cn2c1. The van der Waals surface area contributed by atoms with Gasteiger partial charge in [-0.3, -0.25) is 0 Å². The van der Waals surface area contributed by atoms with Gasteiger partial charge < -0.3 is 9.51 Å². The molecule has 0 fully saturated rings. The number of imidazole rings is 1. The monoisotopic (exact) mass is 298 g/mol. The molecule has 21 heavy (non-hydrogen) atoms. The van der Waals surface area contributed by atoms with E-state index in [0.717, 1.165) is 22.0 Å². The number of nitrogens with zero attached hydrogens (tertiary/aromatic N) is 2. The summed E-state index contributed by atoms with van der Waals surface area (Å²) in [4.78, 5) is 16.4. The first kappa shape index (κ1) is 13.7. The van der Waals surface area contributed by atoms with Crippen molar-refractivity contribution >= 4 is 23.4 Å². The third-order valence-corrected chi connectivity index (χ3v) is 4.18. The summed E-state index contributed by atoms with van der Waals surface area (Å²) >= 11 is 1.64. The van der Waals surface area contributed by atoms with E-state index in [1.165, 1.54) is 5.56 Å². The van der Waals surface area contributed by atoms with Crippen LogP contribution in [0.1, 0.15) is 21.6 Å². The van der Waals surface area contributed by atoms with E-state index in [4.69, 9.17) is 5.11 Å². The highest BCUT2D eigenvalue weighted by Crippen LogP contribution is 2.23. The van der Waals surface area contributed by atoms with Gasteiger partial charge in [0, 0.05) is 23.0 Å². The Kier molecular flexibility index (Phi) is 3.66. The minimum Gasteiger partial charge on any atom is -0.478 e. The largest absolute Gasteiger partial charge is 0.478 e. The van der Waals surface area contributed by atoms with Crippen LogP contribution in [0.25, 0.3) is 5.65 Å². The van der Waals surface area contributed by atoms with Gasteiger partial charge >= 0.3 is 5.97 Å². The van der Waals surface area contributed by atoms with Crippen LogP contribution in [0, 0.1) is 6.92 Å². The average Bonchev–Trinajstić information content (AvgIpc) is 2.87. The molecule has 2 aromatic heterocycles. The van der Waals surface area contributed by atoms with Crippen molar-refractivity contribution in [2.24, 2.45) is 0 Å². The van der Waals surface area contributed by atoms with Gasteiger partial charge in [0.1, 0.15) is 5.65 Å². The molecule has 0 aliphatic rings. The Morgan fingerprint density at radius 3 is 2.67 bits per heavy atom. The lowest BCUT2D eigenvalue weighted by atomic mass is 10.2. The molecule has 0 unspecified atom stereocenters. The normalized spacial score (nSPS) is 10.9. The van der Waals surface area contributed by atoms with E-state index in [1.54, 1.807) is 23.9 Å². The minimum atomic E-state index is -0.901. The van der Waals surface area contributed by atoms with Gasteiger partial charge in [-0.2, -0.15) is 0 Å². The zero-order valence-corrected chi connectivity index (χ0v) is 12.3. The Labute approximate surface area is 126 Å². The molecule has 0 spiro atoms. The Morgan fingerprint density at radius 1 is 1.19 bits per heavy atom. The second kappa shape index (κ2) is 5.61. The van der Waals surface area contributed by atoms with Crippen LogP contribution >= 0.6 is 11.8 Å². The summed E-state index contributed by atoms with van der Waals surface area (Å²) in [6, 6.07) is 11.0. The molecule has 3 rings (SSSR count). The number of pyridine rings is 1. The average molecular weight is 298 g/mol. The summed E-state index contributed by atoms with van der Waals surface area (Å²) in [6.07, 6.45) is 4.08. The Morgan fingerprint density at radius 2 is 1.95 bits per heavy atom. The fourth-order valence-corrected chi connectivity index (χ4v) is 2.86. The maximum absolute atomic E-state index is 10.8. The Balaban J connectivity index is 1.72. The third-order valence-electron chi connectivity index (χ3n) is 3.14. The molecule has 2 heterocycles. The van der Waals surface area contributed by atoms with Crippen LogP contribution in [0.4, 0.5) is 0 Å². The van der Waals surface area contributed by atoms with Crippen molar-refractivity contribution in [1.29, 1.82) is 0 Å². The van der Waals surface area contributed by atoms with E-state index < -0.39 is 5.97 Å². The van der Waals surface area contributed by atoms with Crippen molar-refractivity contribution in [2.45, 2.75) is 17.6 Å². The van der Waals surface area contributed by atoms with E-state index in [2.05, 4.69) is 18.1 Å². The lowest BCUT2D eigenvalue weighted by Gasteiger charge is -2.00. The number of aryl methyl sites for hydroxylation is 1. The van der Waals surface area contributed by atoms with Crippen LogP contribution < -0.4 is 0 Å². The van der Waals surface area contributed by atoms with Crippen LogP contribution in [0.3, 0.4) is 0 Å². The van der Waals surface area contributed by atoms with Crippen LogP contribution in [0.15, 0.2) is 53.7 Å². The number of aromatic carboxylic acids is 1. The molecule has 0 saturated heterocycles. The maximum Gasteiger partial charge on any atom is 0.335 e. The molecule has 0 aliphatic carbocycles. The van der Waals surface area contributed by atoms with E-state index in [-0.39, 0.29) is 0 Å². The number of aromatic nitrogens is 2. The number of hydrogen-bond donors (Lipinski definition) is 1. The summed E-state index contributed by atoms with van der Waals surface area (Å²) in [6.45, 7) is 2.05. The van der Waals surface area contributed by atoms with Gasteiger partial charge in [0.2, 0.25) is 0 Å². The highest BCUT2D eigenvalue weighted by Gasteiger charge is 2.05. The van der Waals surface area contributed by atoms with Crippen molar-refractivity contribution in [3.63, 3.8) is 0 Å². The smallest absolute Gasteiger partial charge is 0.335 e. The van der Waals surface area contributed by atoms with Crippen LogP contribution in [-0.2, 0) is 5.75 Å². The number of carboxylic acids is 1. The van der Waals surface area contributed by atoms with E-state index in [0.29, 0.717) is 5.56 Å². The van der Waals surface area contributed by atoms with E-state index in [1.807, 2.05) is 34.9 Å². The highest BCUT2D eigenvalue weighted by atomic mass is 32.2. The van der Waals surface area contributed by atoms with Gasteiger partial charge in [-0.15, -0.1) is 11.8 Å². The second-order valence-electron chi connectivity index (χ2n) is 4.82. The van der Waals surface area contributed by atoms with Gasteiger partial charge in [0.05, 0.1) is 11.3 Å². The zero-order chi connectivity index (χ0) is 14.8. The van der Waals surface area contributed by atoms with Crippen molar-refractivity contribution in [3.05, 3.63) is 65.6 Å². The predicted octanol–water partition coefficient (Wildman–Crippen LogP) is 3.63. The highest BCUT2D eigenvalue weighted by molar-refractivity contribution is 7.98. The molecule has 0 saturated carbocycles. The van der Waals surface area contributed by atoms with E-state index >= 15 is 0 Å². The summed E-state index contributed by atoms with van der Waals surface area (Å²) in [5, 5.41) is 8.87. The quantitative estimate of drug-likeness (QED) is 0.747. The maximum atomic E-state index is 10.8. The first-order valence-electron chi connectivity index (χ1n) is 6.52. The molecule has 1 aromatic carbocycles. The number of fused-ring (bicyclic) bond motifs is 1. The summed E-state index contributed by atoms with van der Waals surface area (Å²) in [5.41, 5.74) is 3.45. The van der Waals surface area contributed by atoms with Gasteiger partial charge in [0.25, 0.3) is 0 Å². The number of hydrogen-bond acceptors (Lipinski definition) is 3. The van der Waals surface area contributed by atoms with Crippen LogP contribution in [-0.4, -0.2) is 20.5 Å². The number of carboxylic acid groups (broad SMARTS) is 1. The standard InChI is InChI=1S/C16H14N2O2S/c1-11-2-7-15-17-13(9-18(15)8-11)10-21-14-5-3-12(4-6-14)16(19)20/h2-9H,10H2,1H3,(H,19,20). The second-order valence-corrected chi connectivity index (χ2v) is 5.87. The molecular weight excluding hydrogens is 284 g/mol. The molecular formula is C16H14N2O2S. The zero-order valence-electron chi connectivity index (χ0n) is 11.5. The predicted molar refractivity (Wildman–Crippen MR) is 82.9 cm³/mol. The molecule has 106 valence electrons. The van der Waals surface area contributed by atoms with Gasteiger partial charge in [-0.05, 0) is 42.8 Å². The number of carbonyl (C=O) groups is 1. The topological polar surface area (TPSA) is 54.6 Å². The molecule has 0 amide bonds. The van der Waals surface area contributed by atoms with Crippen molar-refractivity contribution in [1.82, 2.24) is 9.38 Å². The number of benzene rings is 1. The van der Waals surface area contributed by atoms with Crippen molar-refractivity contribution in [2.75, 3.05) is 0 Å². The summed E-state index contributed by atoms with van der Waals surface area (Å²) < 4.78 is 2.03. The van der Waals surface area contributed by atoms with Crippen molar-refractivity contribution < 1.29 is 9.90 Å². The van der Waals surface area contributed by atoms with Gasteiger partial charge in [-0.1, -0.05) is 6.07 Å². The molecule has 0 radical (unpaired) electrons. The molecule has 5 heteroatoms. The Hall–Kier alpha value is -2.27. The minimum absolute atomic E-state index is 0.308. The molecule has 0 atom stereocenters. The molecule has 3 aromatic rings. The molecule has 0 bridgehead atoms. The third kappa shape index (κ3) is 3.08. The fourth-order valence-electron chi connectivity index (χ4n) is 2.08. The summed E-state index contributed by atoms with van der Waals surface area (Å²) in [5.74, 6) is -0.144. The first-order valence-corrected chi connectivity index (χ1v) is 7.51. The first-order chi connectivity index (χ1) is 10.1. The lowest BCUT2D eigenvalue weighted by molar-refractivity contribution is 0.0697. The Bertz CT molecular complexity index is 794. The van der Waals surface area contributed by atoms with Crippen LogP contribution in [0.2, 0.25) is 0 Å².